The van der Waals surface area contributed by atoms with Crippen LogP contribution in [0.4, 0.5) is 0 Å². The summed E-state index contributed by atoms with van der Waals surface area (Å²) >= 11 is 0. The van der Waals surface area contributed by atoms with Crippen LogP contribution in [0, 0.1) is 0 Å². The van der Waals surface area contributed by atoms with Gasteiger partial charge in [0, 0.05) is 0 Å². The normalized spacial score (nSPS) is 11.8. The van der Waals surface area contributed by atoms with Crippen molar-refractivity contribution in [2.45, 2.75) is 0 Å². The average molecular weight is 531 g/mol. The number of hydrogen-bond acceptors (Lipinski definition) is 0. The zero-order valence-electron chi connectivity index (χ0n) is 23.0. The standard InChI is InChI=1S/C42H26/c1-3-13-32-27(10-1)20-21-29-23-25-31(26-39(29)32)41-34-15-5-7-17-36(34)42(37-18-8-6-16-35(37)41)38-19-9-12-30-24-22-28-11-2-4-14-33(28)40(30)38/h1-26H. The fraction of sp³-hybridized carbons (Fsp3) is 0. The topological polar surface area (TPSA) is 0 Å². The third-order valence-corrected chi connectivity index (χ3v) is 9.01. The zero-order chi connectivity index (χ0) is 27.6. The van der Waals surface area contributed by atoms with Gasteiger partial charge in [0.15, 0.2) is 0 Å². The van der Waals surface area contributed by atoms with Crippen molar-refractivity contribution >= 4 is 64.6 Å². The van der Waals surface area contributed by atoms with Gasteiger partial charge >= 0.3 is 0 Å². The third-order valence-electron chi connectivity index (χ3n) is 9.01. The lowest BCUT2D eigenvalue weighted by Crippen LogP contribution is -1.92. The molecule has 0 radical (unpaired) electrons. The Morgan fingerprint density at radius 3 is 1.38 bits per heavy atom. The molecule has 0 saturated heterocycles. The van der Waals surface area contributed by atoms with Gasteiger partial charge in [0.05, 0.1) is 0 Å². The lowest BCUT2D eigenvalue weighted by Gasteiger charge is -2.19. The minimum atomic E-state index is 1.25. The van der Waals surface area contributed by atoms with E-state index in [1.54, 1.807) is 0 Å². The highest BCUT2D eigenvalue weighted by molar-refractivity contribution is 6.26. The number of benzene rings is 9. The van der Waals surface area contributed by atoms with Crippen LogP contribution < -0.4 is 0 Å². The highest BCUT2D eigenvalue weighted by atomic mass is 14.2. The SMILES string of the molecule is c1ccc2c(c1)ccc1ccc(-c3c4ccccc4c(-c4cccc5ccc6ccccc6c45)c4ccccc34)cc12. The molecule has 9 aromatic carbocycles. The van der Waals surface area contributed by atoms with E-state index in [1.807, 2.05) is 0 Å². The van der Waals surface area contributed by atoms with Crippen molar-refractivity contribution in [3.8, 4) is 22.3 Å². The Hall–Kier alpha value is -5.46. The molecule has 0 spiro atoms. The predicted molar refractivity (Wildman–Crippen MR) is 182 cm³/mol. The van der Waals surface area contributed by atoms with Crippen LogP contribution in [0.1, 0.15) is 0 Å². The van der Waals surface area contributed by atoms with Gasteiger partial charge in [0.25, 0.3) is 0 Å². The molecule has 0 N–H and O–H groups in total. The molecule has 9 rings (SSSR count). The molecule has 0 heteroatoms. The zero-order valence-corrected chi connectivity index (χ0v) is 23.0. The molecule has 0 aliphatic carbocycles. The van der Waals surface area contributed by atoms with E-state index < -0.39 is 0 Å². The van der Waals surface area contributed by atoms with Gasteiger partial charge < -0.3 is 0 Å². The highest BCUT2D eigenvalue weighted by Crippen LogP contribution is 2.46. The molecule has 0 aromatic heterocycles. The number of fused-ring (bicyclic) bond motifs is 8. The molecule has 0 heterocycles. The van der Waals surface area contributed by atoms with Gasteiger partial charge in [-0.2, -0.15) is 0 Å². The van der Waals surface area contributed by atoms with Crippen LogP contribution in [0.5, 0.6) is 0 Å². The maximum atomic E-state index is 2.40. The van der Waals surface area contributed by atoms with Crippen molar-refractivity contribution in [2.24, 2.45) is 0 Å². The Labute approximate surface area is 244 Å². The molecule has 0 aliphatic rings. The van der Waals surface area contributed by atoms with Gasteiger partial charge in [-0.3, -0.25) is 0 Å². The Bertz CT molecular complexity index is 2460. The third kappa shape index (κ3) is 3.36. The fourth-order valence-electron chi connectivity index (χ4n) is 7.15. The van der Waals surface area contributed by atoms with E-state index in [9.17, 15) is 0 Å². The Morgan fingerprint density at radius 2 is 0.714 bits per heavy atom. The van der Waals surface area contributed by atoms with Crippen molar-refractivity contribution in [3.05, 3.63) is 158 Å². The average Bonchev–Trinajstić information content (AvgIpc) is 3.06. The van der Waals surface area contributed by atoms with Gasteiger partial charge in [0.2, 0.25) is 0 Å². The molecule has 0 fully saturated rings. The van der Waals surface area contributed by atoms with Crippen LogP contribution in [-0.2, 0) is 0 Å². The van der Waals surface area contributed by atoms with Crippen LogP contribution in [0.2, 0.25) is 0 Å². The summed E-state index contributed by atoms with van der Waals surface area (Å²) in [6, 6.07) is 58.1. The summed E-state index contributed by atoms with van der Waals surface area (Å²) in [5.74, 6) is 0. The quantitative estimate of drug-likeness (QED) is 0.154. The van der Waals surface area contributed by atoms with E-state index in [-0.39, 0.29) is 0 Å². The van der Waals surface area contributed by atoms with Crippen LogP contribution in [-0.4, -0.2) is 0 Å². The number of hydrogen-bond donors (Lipinski definition) is 0. The molecule has 9 aromatic rings. The van der Waals surface area contributed by atoms with E-state index in [0.29, 0.717) is 0 Å². The molecule has 0 atom stereocenters. The number of rotatable bonds is 2. The van der Waals surface area contributed by atoms with E-state index in [4.69, 9.17) is 0 Å². The summed E-state index contributed by atoms with van der Waals surface area (Å²) in [4.78, 5) is 0. The fourth-order valence-corrected chi connectivity index (χ4v) is 7.15. The molecule has 0 amide bonds. The molecule has 0 unspecified atom stereocenters. The molecule has 194 valence electrons. The van der Waals surface area contributed by atoms with Crippen molar-refractivity contribution < 1.29 is 0 Å². The van der Waals surface area contributed by atoms with E-state index >= 15 is 0 Å². The summed E-state index contributed by atoms with van der Waals surface area (Å²) < 4.78 is 0. The van der Waals surface area contributed by atoms with E-state index in [1.165, 1.54) is 86.9 Å². The lowest BCUT2D eigenvalue weighted by molar-refractivity contribution is 1.69. The van der Waals surface area contributed by atoms with Crippen molar-refractivity contribution in [3.63, 3.8) is 0 Å². The van der Waals surface area contributed by atoms with Crippen molar-refractivity contribution in [1.29, 1.82) is 0 Å². The van der Waals surface area contributed by atoms with Gasteiger partial charge in [-0.25, -0.2) is 0 Å². The highest BCUT2D eigenvalue weighted by Gasteiger charge is 2.19. The van der Waals surface area contributed by atoms with Gasteiger partial charge in [-0.05, 0) is 93.0 Å². The summed E-state index contributed by atoms with van der Waals surface area (Å²) in [5, 5.41) is 15.4. The summed E-state index contributed by atoms with van der Waals surface area (Å²) in [5.41, 5.74) is 5.14. The van der Waals surface area contributed by atoms with Crippen LogP contribution in [0.25, 0.3) is 86.9 Å². The Balaban J connectivity index is 1.43. The lowest BCUT2D eigenvalue weighted by atomic mass is 9.83. The summed E-state index contributed by atoms with van der Waals surface area (Å²) in [6.45, 7) is 0. The first-order valence-electron chi connectivity index (χ1n) is 14.6. The van der Waals surface area contributed by atoms with E-state index in [2.05, 4.69) is 158 Å². The minimum Gasteiger partial charge on any atom is -0.0616 e. The van der Waals surface area contributed by atoms with Crippen molar-refractivity contribution in [1.82, 2.24) is 0 Å². The molecule has 0 nitrogen and oxygen atoms in total. The van der Waals surface area contributed by atoms with Crippen molar-refractivity contribution in [2.75, 3.05) is 0 Å². The maximum absolute atomic E-state index is 2.40. The van der Waals surface area contributed by atoms with Crippen LogP contribution in [0.15, 0.2) is 158 Å². The first-order valence-corrected chi connectivity index (χ1v) is 14.6. The Kier molecular flexibility index (Phi) is 5.00. The largest absolute Gasteiger partial charge is 0.0616 e. The first-order chi connectivity index (χ1) is 20.8. The minimum absolute atomic E-state index is 1.25. The van der Waals surface area contributed by atoms with Gasteiger partial charge in [0.1, 0.15) is 0 Å². The molecule has 0 bridgehead atoms. The maximum Gasteiger partial charge on any atom is -0.00199 e. The smallest absolute Gasteiger partial charge is 0.00199 e. The first kappa shape index (κ1) is 23.3. The molecular formula is C42H26. The molecule has 42 heavy (non-hydrogen) atoms. The van der Waals surface area contributed by atoms with Gasteiger partial charge in [-0.1, -0.05) is 152 Å². The summed E-state index contributed by atoms with van der Waals surface area (Å²) in [6.07, 6.45) is 0. The molecule has 0 saturated carbocycles. The second kappa shape index (κ2) is 9.03. The second-order valence-corrected chi connectivity index (χ2v) is 11.3. The second-order valence-electron chi connectivity index (χ2n) is 11.3. The van der Waals surface area contributed by atoms with Crippen LogP contribution in [0.3, 0.4) is 0 Å². The monoisotopic (exact) mass is 530 g/mol. The predicted octanol–water partition coefficient (Wildman–Crippen LogP) is 11.9. The Morgan fingerprint density at radius 1 is 0.262 bits per heavy atom. The molecule has 0 aliphatic heterocycles. The molecular weight excluding hydrogens is 504 g/mol. The van der Waals surface area contributed by atoms with Crippen LogP contribution >= 0.6 is 0 Å². The van der Waals surface area contributed by atoms with E-state index in [0.717, 1.165) is 0 Å². The summed E-state index contributed by atoms with van der Waals surface area (Å²) in [7, 11) is 0. The van der Waals surface area contributed by atoms with Gasteiger partial charge in [-0.15, -0.1) is 0 Å².